The summed E-state index contributed by atoms with van der Waals surface area (Å²) in [5.41, 5.74) is 2.33. The summed E-state index contributed by atoms with van der Waals surface area (Å²) in [5.74, 6) is 0.882. The number of carbonyl (C=O) groups is 2. The number of fused-ring (bicyclic) bond motifs is 1. The minimum atomic E-state index is 0.116. The molecule has 1 aliphatic heterocycles. The van der Waals surface area contributed by atoms with Gasteiger partial charge in [-0.1, -0.05) is 72.8 Å². The van der Waals surface area contributed by atoms with Crippen molar-refractivity contribution in [3.63, 3.8) is 0 Å². The van der Waals surface area contributed by atoms with Crippen LogP contribution >= 0.6 is 0 Å². The van der Waals surface area contributed by atoms with Gasteiger partial charge in [-0.3, -0.25) is 9.59 Å². The summed E-state index contributed by atoms with van der Waals surface area (Å²) in [5, 5.41) is 2.30. The van der Waals surface area contributed by atoms with Crippen molar-refractivity contribution in [1.82, 2.24) is 9.80 Å². The molecule has 0 aromatic heterocycles. The number of hydrogen-bond acceptors (Lipinski definition) is 2. The van der Waals surface area contributed by atoms with E-state index in [4.69, 9.17) is 0 Å². The van der Waals surface area contributed by atoms with E-state index in [-0.39, 0.29) is 17.7 Å². The molecule has 4 nitrogen and oxygen atoms in total. The molecule has 5 rings (SSSR count). The van der Waals surface area contributed by atoms with Gasteiger partial charge in [-0.15, -0.1) is 0 Å². The molecule has 2 amide bonds. The first-order valence-electron chi connectivity index (χ1n) is 10.8. The highest BCUT2D eigenvalue weighted by molar-refractivity contribution is 5.90. The Morgan fingerprint density at radius 3 is 2.23 bits per heavy atom. The Morgan fingerprint density at radius 1 is 0.767 bits per heavy atom. The Labute approximate surface area is 177 Å². The van der Waals surface area contributed by atoms with Crippen molar-refractivity contribution in [3.05, 3.63) is 83.9 Å². The predicted octanol–water partition coefficient (Wildman–Crippen LogP) is 3.86. The van der Waals surface area contributed by atoms with Crippen molar-refractivity contribution in [1.29, 1.82) is 0 Å². The number of rotatable bonds is 4. The van der Waals surface area contributed by atoms with E-state index in [0.29, 0.717) is 38.5 Å². The molecule has 2 fully saturated rings. The highest BCUT2D eigenvalue weighted by Gasteiger charge is 2.46. The van der Waals surface area contributed by atoms with Crippen LogP contribution in [0.5, 0.6) is 0 Å². The van der Waals surface area contributed by atoms with Crippen molar-refractivity contribution < 1.29 is 9.59 Å². The van der Waals surface area contributed by atoms with Gasteiger partial charge in [0.1, 0.15) is 0 Å². The van der Waals surface area contributed by atoms with Crippen LogP contribution in [0.2, 0.25) is 0 Å². The van der Waals surface area contributed by atoms with Crippen LogP contribution in [-0.4, -0.2) is 47.8 Å². The Kier molecular flexibility index (Phi) is 4.99. The molecule has 4 heteroatoms. The standard InChI is InChI=1S/C26H26N2O2/c29-25(17-21-11-6-10-19-9-4-5-12-22(19)21)27-13-15-28(16-14-27)26(30)24-18-23(24)20-7-2-1-3-8-20/h1-12,23-24H,13-18H2/t23-,24+/m1/s1. The van der Waals surface area contributed by atoms with Gasteiger partial charge in [-0.05, 0) is 34.2 Å². The van der Waals surface area contributed by atoms with Gasteiger partial charge in [0.2, 0.25) is 11.8 Å². The van der Waals surface area contributed by atoms with Gasteiger partial charge in [0.05, 0.1) is 6.42 Å². The number of benzene rings is 3. The van der Waals surface area contributed by atoms with E-state index in [2.05, 4.69) is 30.3 Å². The van der Waals surface area contributed by atoms with Crippen molar-refractivity contribution in [3.8, 4) is 0 Å². The summed E-state index contributed by atoms with van der Waals surface area (Å²) in [7, 11) is 0. The van der Waals surface area contributed by atoms with E-state index in [0.717, 1.165) is 22.8 Å². The second kappa shape index (κ2) is 7.94. The van der Waals surface area contributed by atoms with Crippen LogP contribution in [0, 0.1) is 5.92 Å². The summed E-state index contributed by atoms with van der Waals surface area (Å²) in [4.78, 5) is 29.6. The van der Waals surface area contributed by atoms with Crippen LogP contribution in [0.4, 0.5) is 0 Å². The highest BCUT2D eigenvalue weighted by atomic mass is 16.2. The fourth-order valence-electron chi connectivity index (χ4n) is 4.67. The summed E-state index contributed by atoms with van der Waals surface area (Å²) in [6, 6.07) is 24.6. The fourth-order valence-corrected chi connectivity index (χ4v) is 4.67. The first kappa shape index (κ1) is 18.9. The Hall–Kier alpha value is -3.14. The van der Waals surface area contributed by atoms with Gasteiger partial charge in [-0.2, -0.15) is 0 Å². The minimum Gasteiger partial charge on any atom is -0.339 e. The van der Waals surface area contributed by atoms with Gasteiger partial charge in [-0.25, -0.2) is 0 Å². The lowest BCUT2D eigenvalue weighted by Crippen LogP contribution is -2.51. The normalized spacial score (nSPS) is 20.9. The summed E-state index contributed by atoms with van der Waals surface area (Å²) < 4.78 is 0. The average Bonchev–Trinajstić information content (AvgIpc) is 3.61. The molecular formula is C26H26N2O2. The van der Waals surface area contributed by atoms with Crippen LogP contribution in [0.1, 0.15) is 23.5 Å². The van der Waals surface area contributed by atoms with Gasteiger partial charge in [0.15, 0.2) is 0 Å². The topological polar surface area (TPSA) is 40.6 Å². The molecule has 1 saturated carbocycles. The minimum absolute atomic E-state index is 0.116. The molecule has 0 unspecified atom stereocenters. The lowest BCUT2D eigenvalue weighted by Gasteiger charge is -2.35. The number of hydrogen-bond donors (Lipinski definition) is 0. The monoisotopic (exact) mass is 398 g/mol. The molecule has 30 heavy (non-hydrogen) atoms. The average molecular weight is 399 g/mol. The fraction of sp³-hybridized carbons (Fsp3) is 0.308. The first-order chi connectivity index (χ1) is 14.7. The highest BCUT2D eigenvalue weighted by Crippen LogP contribution is 2.48. The lowest BCUT2D eigenvalue weighted by molar-refractivity contribution is -0.140. The van der Waals surface area contributed by atoms with Crippen LogP contribution in [0.25, 0.3) is 10.8 Å². The van der Waals surface area contributed by atoms with Crippen molar-refractivity contribution in [2.24, 2.45) is 5.92 Å². The van der Waals surface area contributed by atoms with Gasteiger partial charge in [0, 0.05) is 32.1 Å². The summed E-state index contributed by atoms with van der Waals surface area (Å²) in [6.45, 7) is 2.52. The molecule has 0 radical (unpaired) electrons. The van der Waals surface area contributed by atoms with E-state index < -0.39 is 0 Å². The molecule has 1 saturated heterocycles. The third-order valence-electron chi connectivity index (χ3n) is 6.50. The molecule has 0 N–H and O–H groups in total. The van der Waals surface area contributed by atoms with Gasteiger partial charge < -0.3 is 9.80 Å². The summed E-state index contributed by atoms with van der Waals surface area (Å²) >= 11 is 0. The quantitative estimate of drug-likeness (QED) is 0.670. The molecule has 152 valence electrons. The maximum atomic E-state index is 12.9. The number of nitrogens with zero attached hydrogens (tertiary/aromatic N) is 2. The maximum Gasteiger partial charge on any atom is 0.227 e. The van der Waals surface area contributed by atoms with E-state index in [1.807, 2.05) is 52.3 Å². The lowest BCUT2D eigenvalue weighted by atomic mass is 10.0. The zero-order valence-electron chi connectivity index (χ0n) is 17.0. The Morgan fingerprint density at radius 2 is 1.43 bits per heavy atom. The van der Waals surface area contributed by atoms with Crippen LogP contribution < -0.4 is 0 Å². The maximum absolute atomic E-state index is 12.9. The molecular weight excluding hydrogens is 372 g/mol. The van der Waals surface area contributed by atoms with E-state index >= 15 is 0 Å². The van der Waals surface area contributed by atoms with Crippen LogP contribution in [0.3, 0.4) is 0 Å². The Bertz CT molecular complexity index is 1070. The van der Waals surface area contributed by atoms with Crippen LogP contribution in [0.15, 0.2) is 72.8 Å². The zero-order valence-corrected chi connectivity index (χ0v) is 17.0. The Balaban J connectivity index is 1.17. The van der Waals surface area contributed by atoms with Crippen LogP contribution in [-0.2, 0) is 16.0 Å². The molecule has 1 aliphatic carbocycles. The zero-order chi connectivity index (χ0) is 20.5. The SMILES string of the molecule is O=C(Cc1cccc2ccccc12)N1CCN(C(=O)[C@H]2C[C@@H]2c2ccccc2)CC1. The largest absolute Gasteiger partial charge is 0.339 e. The van der Waals surface area contributed by atoms with E-state index in [1.54, 1.807) is 0 Å². The molecule has 1 heterocycles. The van der Waals surface area contributed by atoms with Crippen molar-refractivity contribution in [2.45, 2.75) is 18.8 Å². The molecule has 0 spiro atoms. The molecule has 2 aliphatic rings. The van der Waals surface area contributed by atoms with E-state index in [1.165, 1.54) is 5.56 Å². The molecule has 3 aromatic rings. The first-order valence-corrected chi connectivity index (χ1v) is 10.8. The second-order valence-corrected chi connectivity index (χ2v) is 8.38. The second-order valence-electron chi connectivity index (χ2n) is 8.38. The third-order valence-corrected chi connectivity index (χ3v) is 6.50. The molecule has 2 atom stereocenters. The number of amides is 2. The smallest absolute Gasteiger partial charge is 0.227 e. The molecule has 3 aromatic carbocycles. The van der Waals surface area contributed by atoms with Gasteiger partial charge in [0.25, 0.3) is 0 Å². The number of piperazine rings is 1. The van der Waals surface area contributed by atoms with E-state index in [9.17, 15) is 9.59 Å². The third kappa shape index (κ3) is 3.70. The molecule has 0 bridgehead atoms. The van der Waals surface area contributed by atoms with Gasteiger partial charge >= 0.3 is 0 Å². The summed E-state index contributed by atoms with van der Waals surface area (Å²) in [6.07, 6.45) is 1.36. The number of carbonyl (C=O) groups excluding carboxylic acids is 2. The van der Waals surface area contributed by atoms with Crippen molar-refractivity contribution in [2.75, 3.05) is 26.2 Å². The van der Waals surface area contributed by atoms with Crippen molar-refractivity contribution >= 4 is 22.6 Å². The predicted molar refractivity (Wildman–Crippen MR) is 118 cm³/mol.